The van der Waals surface area contributed by atoms with E-state index in [4.69, 9.17) is 16.3 Å². The molecule has 2 amide bonds. The van der Waals surface area contributed by atoms with Gasteiger partial charge in [-0.2, -0.15) is 9.97 Å². The van der Waals surface area contributed by atoms with Crippen molar-refractivity contribution >= 4 is 29.0 Å². The van der Waals surface area contributed by atoms with Gasteiger partial charge in [-0.15, -0.1) is 0 Å². The molecule has 0 aliphatic rings. The van der Waals surface area contributed by atoms with Gasteiger partial charge in [0, 0.05) is 5.69 Å². The van der Waals surface area contributed by atoms with Crippen molar-refractivity contribution in [1.82, 2.24) is 9.97 Å². The summed E-state index contributed by atoms with van der Waals surface area (Å²) in [7, 11) is 1.46. The van der Waals surface area contributed by atoms with Gasteiger partial charge in [0.15, 0.2) is 0 Å². The van der Waals surface area contributed by atoms with Gasteiger partial charge in [-0.3, -0.25) is 0 Å². The molecule has 0 aliphatic carbocycles. The van der Waals surface area contributed by atoms with E-state index in [9.17, 15) is 9.18 Å². The molecule has 6 nitrogen and oxygen atoms in total. The van der Waals surface area contributed by atoms with Crippen LogP contribution in [0.3, 0.4) is 0 Å². The van der Waals surface area contributed by atoms with Crippen LogP contribution in [0.1, 0.15) is 11.4 Å². The summed E-state index contributed by atoms with van der Waals surface area (Å²) in [6.45, 7) is 3.45. The molecule has 0 saturated carbocycles. The number of halogens is 2. The van der Waals surface area contributed by atoms with Gasteiger partial charge in [-0.05, 0) is 32.0 Å². The SMILES string of the molecule is COc1nc(C)c(NC(=O)Nc2ccc(F)c(Cl)c2)c(C)n1. The Hall–Kier alpha value is -2.41. The van der Waals surface area contributed by atoms with Crippen LogP contribution < -0.4 is 15.4 Å². The first-order valence-corrected chi connectivity index (χ1v) is 6.70. The number of carbonyl (C=O) groups is 1. The van der Waals surface area contributed by atoms with Crippen LogP contribution in [-0.2, 0) is 0 Å². The zero-order valence-corrected chi connectivity index (χ0v) is 13.0. The highest BCUT2D eigenvalue weighted by atomic mass is 35.5. The standard InChI is InChI=1S/C14H14ClFN4O2/c1-7-12(8(2)18-14(17-7)22-3)20-13(21)19-9-4-5-11(16)10(15)6-9/h4-6H,1-3H3,(H2,19,20,21). The minimum absolute atomic E-state index is 0.0714. The summed E-state index contributed by atoms with van der Waals surface area (Å²) in [5.74, 6) is -0.553. The lowest BCUT2D eigenvalue weighted by atomic mass is 10.3. The number of benzene rings is 1. The summed E-state index contributed by atoms with van der Waals surface area (Å²) in [4.78, 5) is 20.2. The first-order valence-electron chi connectivity index (χ1n) is 6.33. The minimum Gasteiger partial charge on any atom is -0.467 e. The lowest BCUT2D eigenvalue weighted by Gasteiger charge is -2.12. The van der Waals surface area contributed by atoms with Crippen LogP contribution in [0.4, 0.5) is 20.6 Å². The third-order valence-electron chi connectivity index (χ3n) is 2.85. The smallest absolute Gasteiger partial charge is 0.323 e. The van der Waals surface area contributed by atoms with E-state index in [1.807, 2.05) is 0 Å². The molecule has 0 radical (unpaired) electrons. The second-order valence-electron chi connectivity index (χ2n) is 4.46. The van der Waals surface area contributed by atoms with E-state index in [1.54, 1.807) is 13.8 Å². The summed E-state index contributed by atoms with van der Waals surface area (Å²) < 4.78 is 18.0. The highest BCUT2D eigenvalue weighted by Crippen LogP contribution is 2.21. The first-order chi connectivity index (χ1) is 10.4. The van der Waals surface area contributed by atoms with Gasteiger partial charge in [0.2, 0.25) is 0 Å². The number of anilines is 2. The van der Waals surface area contributed by atoms with Gasteiger partial charge < -0.3 is 15.4 Å². The number of nitrogens with zero attached hydrogens (tertiary/aromatic N) is 2. The van der Waals surface area contributed by atoms with Crippen molar-refractivity contribution in [2.24, 2.45) is 0 Å². The molecule has 1 heterocycles. The molecule has 1 aromatic heterocycles. The Kier molecular flexibility index (Phi) is 4.77. The molecule has 0 fully saturated rings. The molecule has 116 valence electrons. The average molecular weight is 325 g/mol. The largest absolute Gasteiger partial charge is 0.467 e. The number of amides is 2. The summed E-state index contributed by atoms with van der Waals surface area (Å²) in [5.41, 5.74) is 1.98. The van der Waals surface area contributed by atoms with Crippen LogP contribution in [-0.4, -0.2) is 23.1 Å². The van der Waals surface area contributed by atoms with Gasteiger partial charge in [0.05, 0.1) is 29.2 Å². The van der Waals surface area contributed by atoms with Crippen LogP contribution in [0.2, 0.25) is 5.02 Å². The fraction of sp³-hybridized carbons (Fsp3) is 0.214. The Morgan fingerprint density at radius 2 is 1.86 bits per heavy atom. The molecule has 0 bridgehead atoms. The van der Waals surface area contributed by atoms with Crippen molar-refractivity contribution in [3.05, 3.63) is 40.4 Å². The lowest BCUT2D eigenvalue weighted by Crippen LogP contribution is -2.21. The topological polar surface area (TPSA) is 76.1 Å². The van der Waals surface area contributed by atoms with E-state index in [0.717, 1.165) is 0 Å². The predicted molar refractivity (Wildman–Crippen MR) is 82.1 cm³/mol. The maximum atomic E-state index is 13.1. The van der Waals surface area contributed by atoms with Gasteiger partial charge >= 0.3 is 12.0 Å². The molecule has 0 saturated heterocycles. The molecule has 0 unspecified atom stereocenters. The predicted octanol–water partition coefficient (Wildman–Crippen LogP) is 3.54. The van der Waals surface area contributed by atoms with Crippen LogP contribution in [0.25, 0.3) is 0 Å². The Labute approximate surface area is 131 Å². The number of aromatic nitrogens is 2. The molecule has 8 heteroatoms. The van der Waals surface area contributed by atoms with E-state index < -0.39 is 11.8 Å². The third kappa shape index (κ3) is 3.62. The lowest BCUT2D eigenvalue weighted by molar-refractivity contribution is 0.262. The van der Waals surface area contributed by atoms with Crippen molar-refractivity contribution < 1.29 is 13.9 Å². The van der Waals surface area contributed by atoms with Gasteiger partial charge in [-0.25, -0.2) is 9.18 Å². The number of hydrogen-bond acceptors (Lipinski definition) is 4. The van der Waals surface area contributed by atoms with Crippen molar-refractivity contribution in [2.75, 3.05) is 17.7 Å². The number of aryl methyl sites for hydroxylation is 2. The summed E-state index contributed by atoms with van der Waals surface area (Å²) in [5, 5.41) is 5.13. The molecule has 0 atom stereocenters. The van der Waals surface area contributed by atoms with Crippen LogP contribution in [0.5, 0.6) is 6.01 Å². The molecule has 0 spiro atoms. The zero-order chi connectivity index (χ0) is 16.3. The van der Waals surface area contributed by atoms with Crippen molar-refractivity contribution in [3.63, 3.8) is 0 Å². The van der Waals surface area contributed by atoms with E-state index in [1.165, 1.54) is 25.3 Å². The normalized spacial score (nSPS) is 10.2. The Morgan fingerprint density at radius 1 is 1.23 bits per heavy atom. The van der Waals surface area contributed by atoms with Crippen LogP contribution >= 0.6 is 11.6 Å². The van der Waals surface area contributed by atoms with E-state index >= 15 is 0 Å². The van der Waals surface area contributed by atoms with Crippen LogP contribution in [0.15, 0.2) is 18.2 Å². The molecule has 2 rings (SSSR count). The van der Waals surface area contributed by atoms with E-state index in [-0.39, 0.29) is 11.0 Å². The zero-order valence-electron chi connectivity index (χ0n) is 12.2. The summed E-state index contributed by atoms with van der Waals surface area (Å²) in [6, 6.07) is 3.62. The Bertz CT molecular complexity index is 701. The molecule has 2 aromatic rings. The summed E-state index contributed by atoms with van der Waals surface area (Å²) >= 11 is 5.66. The number of carbonyl (C=O) groups excluding carboxylic acids is 1. The number of nitrogens with one attached hydrogen (secondary N) is 2. The number of hydrogen-bond donors (Lipinski definition) is 2. The van der Waals surface area contributed by atoms with Crippen molar-refractivity contribution in [2.45, 2.75) is 13.8 Å². The minimum atomic E-state index is -0.553. The quantitative estimate of drug-likeness (QED) is 0.905. The number of rotatable bonds is 3. The number of urea groups is 1. The number of ether oxygens (including phenoxy) is 1. The monoisotopic (exact) mass is 324 g/mol. The fourth-order valence-electron chi connectivity index (χ4n) is 1.81. The highest BCUT2D eigenvalue weighted by molar-refractivity contribution is 6.31. The number of methoxy groups -OCH3 is 1. The molecule has 22 heavy (non-hydrogen) atoms. The molecular weight excluding hydrogens is 311 g/mol. The van der Waals surface area contributed by atoms with Crippen molar-refractivity contribution in [3.8, 4) is 6.01 Å². The Morgan fingerprint density at radius 3 is 2.41 bits per heavy atom. The maximum absolute atomic E-state index is 13.1. The second-order valence-corrected chi connectivity index (χ2v) is 4.87. The van der Waals surface area contributed by atoms with E-state index in [2.05, 4.69) is 20.6 Å². The molecule has 0 aliphatic heterocycles. The fourth-order valence-corrected chi connectivity index (χ4v) is 1.99. The highest BCUT2D eigenvalue weighted by Gasteiger charge is 2.12. The molecule has 2 N–H and O–H groups in total. The van der Waals surface area contributed by atoms with Crippen molar-refractivity contribution in [1.29, 1.82) is 0 Å². The molecular formula is C14H14ClFN4O2. The molecule has 1 aromatic carbocycles. The van der Waals surface area contributed by atoms with Crippen LogP contribution in [0, 0.1) is 19.7 Å². The van der Waals surface area contributed by atoms with Gasteiger partial charge in [0.1, 0.15) is 5.82 Å². The Balaban J connectivity index is 2.13. The van der Waals surface area contributed by atoms with Gasteiger partial charge in [-0.1, -0.05) is 11.6 Å². The van der Waals surface area contributed by atoms with E-state index in [0.29, 0.717) is 22.8 Å². The third-order valence-corrected chi connectivity index (χ3v) is 3.14. The maximum Gasteiger partial charge on any atom is 0.323 e. The average Bonchev–Trinajstić information content (AvgIpc) is 2.46. The van der Waals surface area contributed by atoms with Gasteiger partial charge in [0.25, 0.3) is 0 Å². The summed E-state index contributed by atoms with van der Waals surface area (Å²) in [6.07, 6.45) is 0. The first kappa shape index (κ1) is 16.0. The second kappa shape index (κ2) is 6.57.